The molecule has 0 aliphatic heterocycles. The van der Waals surface area contributed by atoms with Crippen molar-refractivity contribution in [3.8, 4) is 0 Å². The van der Waals surface area contributed by atoms with E-state index in [1.165, 1.54) is 16.7 Å². The number of alkyl halides is 1. The van der Waals surface area contributed by atoms with E-state index in [0.29, 0.717) is 5.92 Å². The van der Waals surface area contributed by atoms with Crippen molar-refractivity contribution in [2.24, 2.45) is 11.8 Å². The van der Waals surface area contributed by atoms with Crippen LogP contribution in [0.2, 0.25) is 0 Å². The number of ketones is 1. The zero-order valence-corrected chi connectivity index (χ0v) is 13.6. The van der Waals surface area contributed by atoms with Gasteiger partial charge in [-0.2, -0.15) is 0 Å². The first-order chi connectivity index (χ1) is 9.47. The average molecular weight is 337 g/mol. The van der Waals surface area contributed by atoms with Crippen LogP contribution in [0.1, 0.15) is 39.5 Å². The van der Waals surface area contributed by atoms with Crippen LogP contribution in [-0.2, 0) is 4.79 Å². The van der Waals surface area contributed by atoms with Crippen molar-refractivity contribution in [3.05, 3.63) is 34.4 Å². The van der Waals surface area contributed by atoms with Crippen LogP contribution < -0.4 is 0 Å². The van der Waals surface area contributed by atoms with Crippen LogP contribution in [-0.4, -0.2) is 21.8 Å². The zero-order valence-electron chi connectivity index (χ0n) is 12.0. The molecular weight excluding hydrogens is 316 g/mol. The SMILES string of the molecule is CC1C=C(C2=CC3=C(CC2)C(=O)C(Br)C3)CC(C)C1O. The van der Waals surface area contributed by atoms with Crippen LogP contribution >= 0.6 is 15.9 Å². The molecule has 3 rings (SSSR count). The van der Waals surface area contributed by atoms with E-state index in [4.69, 9.17) is 0 Å². The summed E-state index contributed by atoms with van der Waals surface area (Å²) in [6.45, 7) is 4.21. The van der Waals surface area contributed by atoms with Gasteiger partial charge in [-0.3, -0.25) is 4.79 Å². The fourth-order valence-corrected chi connectivity index (χ4v) is 4.31. The van der Waals surface area contributed by atoms with E-state index >= 15 is 0 Å². The Morgan fingerprint density at radius 3 is 2.65 bits per heavy atom. The maximum atomic E-state index is 12.0. The molecule has 2 nitrogen and oxygen atoms in total. The molecular formula is C17H21BrO2. The van der Waals surface area contributed by atoms with E-state index in [0.717, 1.165) is 31.3 Å². The van der Waals surface area contributed by atoms with Gasteiger partial charge < -0.3 is 5.11 Å². The quantitative estimate of drug-likeness (QED) is 0.741. The van der Waals surface area contributed by atoms with E-state index < -0.39 is 0 Å². The highest BCUT2D eigenvalue weighted by atomic mass is 79.9. The van der Waals surface area contributed by atoms with Crippen molar-refractivity contribution in [2.75, 3.05) is 0 Å². The predicted molar refractivity (Wildman–Crippen MR) is 83.7 cm³/mol. The minimum atomic E-state index is -0.224. The number of aliphatic hydroxyl groups excluding tert-OH is 1. The van der Waals surface area contributed by atoms with Crippen molar-refractivity contribution in [3.63, 3.8) is 0 Å². The molecule has 0 aromatic rings. The van der Waals surface area contributed by atoms with Crippen LogP contribution in [0.15, 0.2) is 34.4 Å². The van der Waals surface area contributed by atoms with E-state index in [2.05, 4.69) is 41.9 Å². The minimum Gasteiger partial charge on any atom is -0.392 e. The highest BCUT2D eigenvalue weighted by Gasteiger charge is 2.33. The Labute approximate surface area is 128 Å². The molecule has 20 heavy (non-hydrogen) atoms. The molecule has 0 bridgehead atoms. The summed E-state index contributed by atoms with van der Waals surface area (Å²) in [4.78, 5) is 12.0. The van der Waals surface area contributed by atoms with Gasteiger partial charge in [-0.1, -0.05) is 41.9 Å². The van der Waals surface area contributed by atoms with Crippen molar-refractivity contribution in [1.29, 1.82) is 0 Å². The second-order valence-electron chi connectivity index (χ2n) is 6.43. The van der Waals surface area contributed by atoms with Gasteiger partial charge in [0.1, 0.15) is 0 Å². The Bertz CT molecular complexity index is 541. The molecule has 3 heteroatoms. The van der Waals surface area contributed by atoms with Gasteiger partial charge in [-0.25, -0.2) is 0 Å². The van der Waals surface area contributed by atoms with Crippen LogP contribution in [0.25, 0.3) is 0 Å². The Morgan fingerprint density at radius 2 is 1.95 bits per heavy atom. The molecule has 3 aliphatic rings. The Balaban J connectivity index is 1.88. The van der Waals surface area contributed by atoms with Crippen molar-refractivity contribution < 1.29 is 9.90 Å². The summed E-state index contributed by atoms with van der Waals surface area (Å²) in [6, 6.07) is 0. The topological polar surface area (TPSA) is 37.3 Å². The maximum Gasteiger partial charge on any atom is 0.173 e. The number of halogens is 1. The summed E-state index contributed by atoms with van der Waals surface area (Å²) in [6.07, 6.45) is 7.87. The van der Waals surface area contributed by atoms with Gasteiger partial charge >= 0.3 is 0 Å². The third-order valence-electron chi connectivity index (χ3n) is 4.90. The highest BCUT2D eigenvalue weighted by molar-refractivity contribution is 9.10. The Morgan fingerprint density at radius 1 is 1.20 bits per heavy atom. The smallest absolute Gasteiger partial charge is 0.173 e. The summed E-state index contributed by atoms with van der Waals surface area (Å²) in [7, 11) is 0. The molecule has 4 atom stereocenters. The summed E-state index contributed by atoms with van der Waals surface area (Å²) < 4.78 is 0. The summed E-state index contributed by atoms with van der Waals surface area (Å²) in [5, 5.41) is 10.1. The number of carbonyl (C=O) groups excluding carboxylic acids is 1. The molecule has 3 aliphatic carbocycles. The molecule has 0 fully saturated rings. The molecule has 0 spiro atoms. The van der Waals surface area contributed by atoms with Crippen molar-refractivity contribution >= 4 is 21.7 Å². The van der Waals surface area contributed by atoms with Gasteiger partial charge in [-0.05, 0) is 53.9 Å². The number of aliphatic hydroxyl groups is 1. The Kier molecular flexibility index (Phi) is 3.76. The molecule has 0 amide bonds. The third-order valence-corrected chi connectivity index (χ3v) is 5.64. The number of Topliss-reactive ketones (excluding diaryl/α,β-unsaturated/α-hetero) is 1. The van der Waals surface area contributed by atoms with Crippen LogP contribution in [0.3, 0.4) is 0 Å². The lowest BCUT2D eigenvalue weighted by Crippen LogP contribution is -2.29. The minimum absolute atomic E-state index is 0.0110. The first-order valence-electron chi connectivity index (χ1n) is 7.47. The second-order valence-corrected chi connectivity index (χ2v) is 7.54. The van der Waals surface area contributed by atoms with Crippen LogP contribution in [0.4, 0.5) is 0 Å². The van der Waals surface area contributed by atoms with Crippen LogP contribution in [0, 0.1) is 11.8 Å². The standard InChI is InChI=1S/C17H21BrO2/c1-9-5-12(6-10(2)16(9)19)11-3-4-14-13(7-11)8-15(18)17(14)20/h5,7,9-10,15-16,19H,3-4,6,8H2,1-2H3. The predicted octanol–water partition coefficient (Wildman–Crippen LogP) is 3.70. The monoisotopic (exact) mass is 336 g/mol. The lowest BCUT2D eigenvalue weighted by Gasteiger charge is -2.31. The molecule has 0 saturated carbocycles. The lowest BCUT2D eigenvalue weighted by atomic mass is 9.77. The second kappa shape index (κ2) is 5.27. The Hall–Kier alpha value is -0.670. The average Bonchev–Trinajstić information content (AvgIpc) is 2.70. The van der Waals surface area contributed by atoms with Crippen LogP contribution in [0.5, 0.6) is 0 Å². The number of rotatable bonds is 1. The molecule has 1 N–H and O–H groups in total. The largest absolute Gasteiger partial charge is 0.392 e. The van der Waals surface area contributed by atoms with Gasteiger partial charge in [0.15, 0.2) is 5.78 Å². The summed E-state index contributed by atoms with van der Waals surface area (Å²) >= 11 is 3.47. The highest BCUT2D eigenvalue weighted by Crippen LogP contribution is 2.41. The van der Waals surface area contributed by atoms with E-state index in [1.807, 2.05) is 0 Å². The van der Waals surface area contributed by atoms with E-state index in [-0.39, 0.29) is 22.6 Å². The fraction of sp³-hybridized carbons (Fsp3) is 0.588. The molecule has 108 valence electrons. The number of allylic oxidation sites excluding steroid dienone is 5. The maximum absolute atomic E-state index is 12.0. The fourth-order valence-electron chi connectivity index (χ4n) is 3.69. The third kappa shape index (κ3) is 2.35. The summed E-state index contributed by atoms with van der Waals surface area (Å²) in [5.74, 6) is 0.819. The lowest BCUT2D eigenvalue weighted by molar-refractivity contribution is -0.114. The number of hydrogen-bond donors (Lipinski definition) is 1. The van der Waals surface area contributed by atoms with Gasteiger partial charge in [0.25, 0.3) is 0 Å². The molecule has 4 unspecified atom stereocenters. The van der Waals surface area contributed by atoms with Gasteiger partial charge in [0.2, 0.25) is 0 Å². The van der Waals surface area contributed by atoms with E-state index in [1.54, 1.807) is 0 Å². The number of carbonyl (C=O) groups is 1. The molecule has 0 saturated heterocycles. The number of hydrogen-bond acceptors (Lipinski definition) is 2. The molecule has 0 radical (unpaired) electrons. The molecule has 0 heterocycles. The van der Waals surface area contributed by atoms with Gasteiger partial charge in [-0.15, -0.1) is 0 Å². The van der Waals surface area contributed by atoms with Crippen molar-refractivity contribution in [1.82, 2.24) is 0 Å². The normalized spacial score (nSPS) is 37.7. The molecule has 0 aromatic heterocycles. The zero-order chi connectivity index (χ0) is 14.4. The summed E-state index contributed by atoms with van der Waals surface area (Å²) in [5.41, 5.74) is 5.02. The van der Waals surface area contributed by atoms with Gasteiger partial charge in [0, 0.05) is 5.92 Å². The molecule has 0 aromatic carbocycles. The first kappa shape index (κ1) is 14.3. The van der Waals surface area contributed by atoms with E-state index in [9.17, 15) is 9.90 Å². The van der Waals surface area contributed by atoms with Crippen molar-refractivity contribution in [2.45, 2.75) is 50.5 Å². The van der Waals surface area contributed by atoms with Gasteiger partial charge in [0.05, 0.1) is 10.9 Å². The first-order valence-corrected chi connectivity index (χ1v) is 8.39.